The lowest BCUT2D eigenvalue weighted by Gasteiger charge is -1.94. The first kappa shape index (κ1) is 9.17. The Balaban J connectivity index is 0.000000336. The molecule has 0 amide bonds. The third kappa shape index (κ3) is 2.29. The summed E-state index contributed by atoms with van der Waals surface area (Å²) in [4.78, 5) is 8.46. The van der Waals surface area contributed by atoms with Crippen LogP contribution in [0.5, 0.6) is 0 Å². The van der Waals surface area contributed by atoms with Gasteiger partial charge in [0.25, 0.3) is 0 Å². The lowest BCUT2D eigenvalue weighted by Crippen LogP contribution is -1.89. The largest absolute Gasteiger partial charge is 0.258 e. The molecular formula is C10H16N2. The highest BCUT2D eigenvalue weighted by atomic mass is 14.8. The minimum absolute atomic E-state index is 0.730. The summed E-state index contributed by atoms with van der Waals surface area (Å²) in [6, 6.07) is 0. The second-order valence-corrected chi connectivity index (χ2v) is 2.86. The topological polar surface area (TPSA) is 25.8 Å². The zero-order chi connectivity index (χ0) is 8.97. The van der Waals surface area contributed by atoms with Crippen LogP contribution < -0.4 is 0 Å². The first-order valence-corrected chi connectivity index (χ1v) is 4.65. The molecule has 2 nitrogen and oxygen atoms in total. The molecule has 0 aromatic carbocycles. The molecule has 0 bridgehead atoms. The van der Waals surface area contributed by atoms with Crippen molar-refractivity contribution in [1.82, 2.24) is 9.97 Å². The van der Waals surface area contributed by atoms with Gasteiger partial charge in [-0.05, 0) is 19.8 Å². The second-order valence-electron chi connectivity index (χ2n) is 2.86. The van der Waals surface area contributed by atoms with Gasteiger partial charge in [0.15, 0.2) is 0 Å². The molecule has 1 fully saturated rings. The van der Waals surface area contributed by atoms with Crippen molar-refractivity contribution >= 4 is 0 Å². The second kappa shape index (κ2) is 4.19. The molecule has 0 N–H and O–H groups in total. The Morgan fingerprint density at radius 1 is 1.17 bits per heavy atom. The highest BCUT2D eigenvalue weighted by Crippen LogP contribution is 2.38. The number of rotatable bonds is 1. The standard InChI is InChI=1S/C8H10N2.C2H6/c1-6-4-10-8(5-9-6)7-2-3-7;1-2/h4-5,7H,2-3H2,1H3;1-2H3. The maximum absolute atomic E-state index is 4.28. The van der Waals surface area contributed by atoms with Gasteiger partial charge in [-0.2, -0.15) is 0 Å². The van der Waals surface area contributed by atoms with Crippen LogP contribution in [0.1, 0.15) is 44.0 Å². The van der Waals surface area contributed by atoms with Crippen molar-refractivity contribution in [3.63, 3.8) is 0 Å². The predicted octanol–water partition coefficient (Wildman–Crippen LogP) is 2.69. The van der Waals surface area contributed by atoms with E-state index in [0.29, 0.717) is 0 Å². The van der Waals surface area contributed by atoms with Crippen LogP contribution in [-0.4, -0.2) is 9.97 Å². The molecule has 2 rings (SSSR count). The van der Waals surface area contributed by atoms with Gasteiger partial charge in [-0.3, -0.25) is 9.97 Å². The molecule has 1 aromatic heterocycles. The summed E-state index contributed by atoms with van der Waals surface area (Å²) >= 11 is 0. The van der Waals surface area contributed by atoms with Crippen molar-refractivity contribution in [2.45, 2.75) is 39.5 Å². The molecule has 1 aliphatic carbocycles. The van der Waals surface area contributed by atoms with E-state index in [1.807, 2.05) is 33.2 Å². The fourth-order valence-corrected chi connectivity index (χ4v) is 0.992. The van der Waals surface area contributed by atoms with E-state index in [2.05, 4.69) is 9.97 Å². The van der Waals surface area contributed by atoms with Crippen molar-refractivity contribution in [2.75, 3.05) is 0 Å². The molecule has 0 spiro atoms. The van der Waals surface area contributed by atoms with Crippen LogP contribution >= 0.6 is 0 Å². The minimum Gasteiger partial charge on any atom is -0.258 e. The van der Waals surface area contributed by atoms with Gasteiger partial charge in [-0.25, -0.2) is 0 Å². The van der Waals surface area contributed by atoms with Crippen LogP contribution in [0.4, 0.5) is 0 Å². The van der Waals surface area contributed by atoms with E-state index in [1.165, 1.54) is 18.5 Å². The maximum Gasteiger partial charge on any atom is 0.0617 e. The molecular weight excluding hydrogens is 148 g/mol. The van der Waals surface area contributed by atoms with Gasteiger partial charge in [0, 0.05) is 18.3 Å². The molecule has 1 heterocycles. The van der Waals surface area contributed by atoms with Crippen LogP contribution in [0, 0.1) is 6.92 Å². The zero-order valence-electron chi connectivity index (χ0n) is 8.04. The van der Waals surface area contributed by atoms with E-state index in [0.717, 1.165) is 11.6 Å². The molecule has 0 saturated heterocycles. The molecule has 0 radical (unpaired) electrons. The Labute approximate surface area is 74.1 Å². The van der Waals surface area contributed by atoms with Gasteiger partial charge >= 0.3 is 0 Å². The highest BCUT2D eigenvalue weighted by molar-refractivity contribution is 5.11. The maximum atomic E-state index is 4.28. The lowest BCUT2D eigenvalue weighted by atomic mass is 10.3. The van der Waals surface area contributed by atoms with E-state index < -0.39 is 0 Å². The van der Waals surface area contributed by atoms with Crippen molar-refractivity contribution in [3.05, 3.63) is 23.8 Å². The first-order valence-electron chi connectivity index (χ1n) is 4.65. The van der Waals surface area contributed by atoms with E-state index in [-0.39, 0.29) is 0 Å². The predicted molar refractivity (Wildman–Crippen MR) is 50.1 cm³/mol. The van der Waals surface area contributed by atoms with Crippen molar-refractivity contribution in [3.8, 4) is 0 Å². The third-order valence-corrected chi connectivity index (χ3v) is 1.80. The molecule has 1 aliphatic rings. The Morgan fingerprint density at radius 2 is 1.83 bits per heavy atom. The molecule has 66 valence electrons. The smallest absolute Gasteiger partial charge is 0.0617 e. The molecule has 1 saturated carbocycles. The molecule has 1 aromatic rings. The van der Waals surface area contributed by atoms with Crippen LogP contribution in [0.15, 0.2) is 12.4 Å². The Hall–Kier alpha value is -0.920. The minimum atomic E-state index is 0.730. The highest BCUT2D eigenvalue weighted by Gasteiger charge is 2.24. The van der Waals surface area contributed by atoms with Gasteiger partial charge in [0.05, 0.1) is 11.4 Å². The van der Waals surface area contributed by atoms with E-state index >= 15 is 0 Å². The number of hydrogen-bond donors (Lipinski definition) is 0. The van der Waals surface area contributed by atoms with Gasteiger partial charge in [-0.15, -0.1) is 0 Å². The Bertz CT molecular complexity index is 224. The van der Waals surface area contributed by atoms with Crippen molar-refractivity contribution < 1.29 is 0 Å². The van der Waals surface area contributed by atoms with E-state index in [9.17, 15) is 0 Å². The first-order chi connectivity index (χ1) is 5.86. The molecule has 0 unspecified atom stereocenters. The molecule has 0 aliphatic heterocycles. The van der Waals surface area contributed by atoms with Crippen LogP contribution in [0.25, 0.3) is 0 Å². The Morgan fingerprint density at radius 3 is 2.25 bits per heavy atom. The molecule has 2 heteroatoms. The third-order valence-electron chi connectivity index (χ3n) is 1.80. The summed E-state index contributed by atoms with van der Waals surface area (Å²) in [6.45, 7) is 5.96. The van der Waals surface area contributed by atoms with E-state index in [1.54, 1.807) is 0 Å². The summed E-state index contributed by atoms with van der Waals surface area (Å²) in [5.41, 5.74) is 2.18. The van der Waals surface area contributed by atoms with Gasteiger partial charge in [-0.1, -0.05) is 13.8 Å². The van der Waals surface area contributed by atoms with Crippen molar-refractivity contribution in [2.24, 2.45) is 0 Å². The average molecular weight is 164 g/mol. The Kier molecular flexibility index (Phi) is 3.20. The number of hydrogen-bond acceptors (Lipinski definition) is 2. The van der Waals surface area contributed by atoms with Crippen LogP contribution in [0.3, 0.4) is 0 Å². The number of aryl methyl sites for hydroxylation is 1. The summed E-state index contributed by atoms with van der Waals surface area (Å²) in [5, 5.41) is 0. The SMILES string of the molecule is CC.Cc1cnc(C2CC2)cn1. The monoisotopic (exact) mass is 164 g/mol. The van der Waals surface area contributed by atoms with Gasteiger partial charge < -0.3 is 0 Å². The fourth-order valence-electron chi connectivity index (χ4n) is 0.992. The van der Waals surface area contributed by atoms with Crippen LogP contribution in [-0.2, 0) is 0 Å². The zero-order valence-corrected chi connectivity index (χ0v) is 8.04. The van der Waals surface area contributed by atoms with E-state index in [4.69, 9.17) is 0 Å². The van der Waals surface area contributed by atoms with Gasteiger partial charge in [0.2, 0.25) is 0 Å². The summed E-state index contributed by atoms with van der Waals surface area (Å²) in [5.74, 6) is 0.730. The fraction of sp³-hybridized carbons (Fsp3) is 0.600. The van der Waals surface area contributed by atoms with Gasteiger partial charge in [0.1, 0.15) is 0 Å². The van der Waals surface area contributed by atoms with Crippen LogP contribution in [0.2, 0.25) is 0 Å². The normalized spacial score (nSPS) is 14.9. The summed E-state index contributed by atoms with van der Waals surface area (Å²) in [6.07, 6.45) is 6.34. The summed E-state index contributed by atoms with van der Waals surface area (Å²) < 4.78 is 0. The number of nitrogens with zero attached hydrogens (tertiary/aromatic N) is 2. The van der Waals surface area contributed by atoms with Crippen molar-refractivity contribution in [1.29, 1.82) is 0 Å². The summed E-state index contributed by atoms with van der Waals surface area (Å²) in [7, 11) is 0. The average Bonchev–Trinajstić information content (AvgIpc) is 2.93. The molecule has 0 atom stereocenters. The quantitative estimate of drug-likeness (QED) is 0.637. The number of aromatic nitrogens is 2. The lowest BCUT2D eigenvalue weighted by molar-refractivity contribution is 0.967. The molecule has 12 heavy (non-hydrogen) atoms.